The molecule has 1 fully saturated rings. The van der Waals surface area contributed by atoms with Crippen LogP contribution in [0.5, 0.6) is 0 Å². The van der Waals surface area contributed by atoms with Gasteiger partial charge in [-0.25, -0.2) is 0 Å². The van der Waals surface area contributed by atoms with E-state index in [1.807, 2.05) is 0 Å². The highest BCUT2D eigenvalue weighted by Gasteiger charge is 2.37. The van der Waals surface area contributed by atoms with Crippen molar-refractivity contribution in [3.63, 3.8) is 0 Å². The van der Waals surface area contributed by atoms with Gasteiger partial charge in [-0.3, -0.25) is 0 Å². The Balaban J connectivity index is 2.58. The predicted octanol–water partition coefficient (Wildman–Crippen LogP) is 3.04. The number of rotatable bonds is 2. The Labute approximate surface area is 83.1 Å². The first-order valence-electron chi connectivity index (χ1n) is 5.69. The highest BCUT2D eigenvalue weighted by molar-refractivity contribution is 4.88. The van der Waals surface area contributed by atoms with Crippen molar-refractivity contribution in [2.75, 3.05) is 6.54 Å². The third-order valence-electron chi connectivity index (χ3n) is 3.89. The van der Waals surface area contributed by atoms with E-state index in [1.54, 1.807) is 0 Å². The standard InChI is InChI=1S/C12H25N/c1-5-9-6-11(12(2,3)4)7-10(9)8-13/h9-11H,5-8,13H2,1-4H3. The van der Waals surface area contributed by atoms with Gasteiger partial charge in [0.05, 0.1) is 0 Å². The first-order valence-corrected chi connectivity index (χ1v) is 5.69. The maximum absolute atomic E-state index is 5.81. The van der Waals surface area contributed by atoms with Gasteiger partial charge in [-0.1, -0.05) is 34.1 Å². The molecule has 3 atom stereocenters. The molecule has 0 spiro atoms. The van der Waals surface area contributed by atoms with Gasteiger partial charge in [0.25, 0.3) is 0 Å². The second-order valence-electron chi connectivity index (χ2n) is 5.70. The van der Waals surface area contributed by atoms with E-state index >= 15 is 0 Å². The Morgan fingerprint density at radius 1 is 1.15 bits per heavy atom. The summed E-state index contributed by atoms with van der Waals surface area (Å²) < 4.78 is 0. The van der Waals surface area contributed by atoms with E-state index in [0.717, 1.165) is 24.3 Å². The molecule has 0 radical (unpaired) electrons. The van der Waals surface area contributed by atoms with Crippen molar-refractivity contribution >= 4 is 0 Å². The molecule has 1 aliphatic carbocycles. The van der Waals surface area contributed by atoms with Crippen LogP contribution >= 0.6 is 0 Å². The molecule has 1 rings (SSSR count). The Kier molecular flexibility index (Phi) is 3.39. The summed E-state index contributed by atoms with van der Waals surface area (Å²) in [5.41, 5.74) is 6.29. The third-order valence-corrected chi connectivity index (χ3v) is 3.89. The average molecular weight is 183 g/mol. The first-order chi connectivity index (χ1) is 5.99. The van der Waals surface area contributed by atoms with Crippen molar-refractivity contribution in [2.24, 2.45) is 28.9 Å². The van der Waals surface area contributed by atoms with Crippen molar-refractivity contribution in [3.8, 4) is 0 Å². The highest BCUT2D eigenvalue weighted by atomic mass is 14.6. The smallest absolute Gasteiger partial charge is 0.00461 e. The lowest BCUT2D eigenvalue weighted by molar-refractivity contribution is 0.236. The maximum Gasteiger partial charge on any atom is -0.00461 e. The van der Waals surface area contributed by atoms with E-state index in [4.69, 9.17) is 5.73 Å². The van der Waals surface area contributed by atoms with Crippen LogP contribution in [0.4, 0.5) is 0 Å². The Hall–Kier alpha value is -0.0400. The second kappa shape index (κ2) is 4.00. The van der Waals surface area contributed by atoms with Crippen molar-refractivity contribution in [1.29, 1.82) is 0 Å². The summed E-state index contributed by atoms with van der Waals surface area (Å²) >= 11 is 0. The molecule has 0 aliphatic heterocycles. The minimum Gasteiger partial charge on any atom is -0.330 e. The van der Waals surface area contributed by atoms with Crippen molar-refractivity contribution in [1.82, 2.24) is 0 Å². The van der Waals surface area contributed by atoms with E-state index in [-0.39, 0.29) is 0 Å². The fraction of sp³-hybridized carbons (Fsp3) is 1.00. The van der Waals surface area contributed by atoms with Crippen LogP contribution in [0, 0.1) is 23.2 Å². The van der Waals surface area contributed by atoms with Gasteiger partial charge in [0.2, 0.25) is 0 Å². The minimum atomic E-state index is 0.483. The monoisotopic (exact) mass is 183 g/mol. The fourth-order valence-corrected chi connectivity index (χ4v) is 2.71. The van der Waals surface area contributed by atoms with Crippen LogP contribution < -0.4 is 5.73 Å². The normalized spacial score (nSPS) is 35.3. The second-order valence-corrected chi connectivity index (χ2v) is 5.70. The topological polar surface area (TPSA) is 26.0 Å². The molecule has 1 heteroatoms. The molecule has 0 aromatic heterocycles. The van der Waals surface area contributed by atoms with Gasteiger partial charge in [-0.05, 0) is 42.6 Å². The lowest BCUT2D eigenvalue weighted by Gasteiger charge is -2.27. The molecule has 0 aromatic carbocycles. The molecule has 1 nitrogen and oxygen atoms in total. The molecule has 0 amide bonds. The fourth-order valence-electron chi connectivity index (χ4n) is 2.71. The van der Waals surface area contributed by atoms with Gasteiger partial charge in [-0.15, -0.1) is 0 Å². The highest BCUT2D eigenvalue weighted by Crippen LogP contribution is 2.45. The molecule has 1 aliphatic rings. The molecule has 0 aromatic rings. The van der Waals surface area contributed by atoms with Crippen LogP contribution in [0.1, 0.15) is 47.0 Å². The first kappa shape index (κ1) is 11.0. The Bertz CT molecular complexity index is 145. The van der Waals surface area contributed by atoms with E-state index in [9.17, 15) is 0 Å². The van der Waals surface area contributed by atoms with Crippen molar-refractivity contribution in [2.45, 2.75) is 47.0 Å². The van der Waals surface area contributed by atoms with Crippen molar-refractivity contribution < 1.29 is 0 Å². The number of hydrogen-bond acceptors (Lipinski definition) is 1. The summed E-state index contributed by atoms with van der Waals surface area (Å²) in [5.74, 6) is 2.59. The zero-order chi connectivity index (χ0) is 10.1. The minimum absolute atomic E-state index is 0.483. The lowest BCUT2D eigenvalue weighted by Crippen LogP contribution is -2.19. The molecule has 13 heavy (non-hydrogen) atoms. The molecular weight excluding hydrogens is 158 g/mol. The molecule has 0 bridgehead atoms. The van der Waals surface area contributed by atoms with Crippen LogP contribution in [-0.2, 0) is 0 Å². The van der Waals surface area contributed by atoms with Gasteiger partial charge in [0, 0.05) is 0 Å². The molecule has 78 valence electrons. The summed E-state index contributed by atoms with van der Waals surface area (Å²) in [5, 5.41) is 0. The summed E-state index contributed by atoms with van der Waals surface area (Å²) in [6, 6.07) is 0. The number of nitrogens with two attached hydrogens (primary N) is 1. The Morgan fingerprint density at radius 3 is 2.00 bits per heavy atom. The SMILES string of the molecule is CCC1CC(C(C)(C)C)CC1CN. The molecule has 0 saturated heterocycles. The van der Waals surface area contributed by atoms with E-state index < -0.39 is 0 Å². The zero-order valence-electron chi connectivity index (χ0n) is 9.64. The third kappa shape index (κ3) is 2.46. The molecule has 2 N–H and O–H groups in total. The largest absolute Gasteiger partial charge is 0.330 e. The quantitative estimate of drug-likeness (QED) is 0.699. The van der Waals surface area contributed by atoms with Crippen LogP contribution in [0.3, 0.4) is 0 Å². The van der Waals surface area contributed by atoms with Crippen LogP contribution in [0.15, 0.2) is 0 Å². The Morgan fingerprint density at radius 2 is 1.69 bits per heavy atom. The maximum atomic E-state index is 5.81. The summed E-state index contributed by atoms with van der Waals surface area (Å²) in [6.45, 7) is 10.3. The molecule has 3 unspecified atom stereocenters. The molecule has 1 saturated carbocycles. The van der Waals surface area contributed by atoms with Crippen LogP contribution in [0.25, 0.3) is 0 Å². The summed E-state index contributed by atoms with van der Waals surface area (Å²) in [6.07, 6.45) is 4.08. The van der Waals surface area contributed by atoms with Crippen LogP contribution in [0.2, 0.25) is 0 Å². The van der Waals surface area contributed by atoms with Crippen LogP contribution in [-0.4, -0.2) is 6.54 Å². The van der Waals surface area contributed by atoms with Gasteiger partial charge in [-0.2, -0.15) is 0 Å². The molecule has 0 heterocycles. The predicted molar refractivity (Wildman–Crippen MR) is 58.5 cm³/mol. The van der Waals surface area contributed by atoms with Gasteiger partial charge < -0.3 is 5.73 Å². The van der Waals surface area contributed by atoms with Crippen molar-refractivity contribution in [3.05, 3.63) is 0 Å². The van der Waals surface area contributed by atoms with E-state index in [2.05, 4.69) is 27.7 Å². The van der Waals surface area contributed by atoms with Gasteiger partial charge in [0.15, 0.2) is 0 Å². The lowest BCUT2D eigenvalue weighted by atomic mass is 9.79. The summed E-state index contributed by atoms with van der Waals surface area (Å²) in [7, 11) is 0. The summed E-state index contributed by atoms with van der Waals surface area (Å²) in [4.78, 5) is 0. The van der Waals surface area contributed by atoms with Gasteiger partial charge >= 0.3 is 0 Å². The van der Waals surface area contributed by atoms with E-state index in [0.29, 0.717) is 5.41 Å². The zero-order valence-corrected chi connectivity index (χ0v) is 9.64. The van der Waals surface area contributed by atoms with Gasteiger partial charge in [0.1, 0.15) is 0 Å². The average Bonchev–Trinajstić information content (AvgIpc) is 2.45. The van der Waals surface area contributed by atoms with E-state index in [1.165, 1.54) is 19.3 Å². The molecular formula is C12H25N. The number of hydrogen-bond donors (Lipinski definition) is 1.